The quantitative estimate of drug-likeness (QED) is 0.765. The van der Waals surface area contributed by atoms with Gasteiger partial charge in [-0.2, -0.15) is 0 Å². The lowest BCUT2D eigenvalue weighted by atomic mass is 10.0. The van der Waals surface area contributed by atoms with Crippen molar-refractivity contribution in [2.45, 2.75) is 37.8 Å². The zero-order valence-corrected chi connectivity index (χ0v) is 11.6. The van der Waals surface area contributed by atoms with Crippen molar-refractivity contribution in [3.63, 3.8) is 0 Å². The topological polar surface area (TPSA) is 44.8 Å². The van der Waals surface area contributed by atoms with Crippen molar-refractivity contribution in [2.75, 3.05) is 45.9 Å². The maximum Gasteiger partial charge on any atom is 0.239 e. The molecule has 0 spiro atoms. The van der Waals surface area contributed by atoms with Gasteiger partial charge < -0.3 is 15.0 Å². The molecule has 2 aliphatic heterocycles. The molecule has 0 aromatic rings. The zero-order chi connectivity index (χ0) is 13.1. The number of nitrogens with zero attached hydrogens (tertiary/aromatic N) is 2. The molecule has 1 atom stereocenters. The van der Waals surface area contributed by atoms with Gasteiger partial charge in [0.25, 0.3) is 0 Å². The first-order chi connectivity index (χ1) is 9.33. The molecular formula is C14H25N3O2. The highest BCUT2D eigenvalue weighted by Crippen LogP contribution is 2.22. The first-order valence-electron chi connectivity index (χ1n) is 7.68. The molecule has 5 heteroatoms. The van der Waals surface area contributed by atoms with Crippen LogP contribution in [0.25, 0.3) is 0 Å². The molecule has 0 aromatic carbocycles. The number of hydrogen-bond donors (Lipinski definition) is 1. The van der Waals surface area contributed by atoms with Gasteiger partial charge in [0.15, 0.2) is 0 Å². The van der Waals surface area contributed by atoms with Crippen LogP contribution >= 0.6 is 0 Å². The van der Waals surface area contributed by atoms with E-state index in [1.165, 1.54) is 12.8 Å². The van der Waals surface area contributed by atoms with Crippen LogP contribution in [0.15, 0.2) is 0 Å². The molecule has 3 rings (SSSR count). The van der Waals surface area contributed by atoms with Gasteiger partial charge in [-0.15, -0.1) is 0 Å². The fourth-order valence-corrected chi connectivity index (χ4v) is 2.94. The van der Waals surface area contributed by atoms with E-state index in [9.17, 15) is 4.79 Å². The van der Waals surface area contributed by atoms with Crippen LogP contribution in [0.1, 0.15) is 25.7 Å². The van der Waals surface area contributed by atoms with Crippen LogP contribution in [0, 0.1) is 0 Å². The van der Waals surface area contributed by atoms with Crippen LogP contribution in [0.3, 0.4) is 0 Å². The molecule has 1 amide bonds. The van der Waals surface area contributed by atoms with E-state index in [4.69, 9.17) is 4.74 Å². The molecule has 1 unspecified atom stereocenters. The van der Waals surface area contributed by atoms with Gasteiger partial charge in [0.1, 0.15) is 0 Å². The van der Waals surface area contributed by atoms with Crippen molar-refractivity contribution in [1.82, 2.24) is 15.1 Å². The molecule has 108 valence electrons. The fourth-order valence-electron chi connectivity index (χ4n) is 2.94. The number of hydrogen-bond acceptors (Lipinski definition) is 4. The summed E-state index contributed by atoms with van der Waals surface area (Å²) in [6.45, 7) is 6.48. The smallest absolute Gasteiger partial charge is 0.239 e. The fraction of sp³-hybridized carbons (Fsp3) is 0.929. The second-order valence-corrected chi connectivity index (χ2v) is 5.92. The van der Waals surface area contributed by atoms with Gasteiger partial charge in [-0.3, -0.25) is 9.69 Å². The van der Waals surface area contributed by atoms with Gasteiger partial charge >= 0.3 is 0 Å². The predicted molar refractivity (Wildman–Crippen MR) is 73.0 cm³/mol. The lowest BCUT2D eigenvalue weighted by Gasteiger charge is -2.35. The van der Waals surface area contributed by atoms with E-state index < -0.39 is 0 Å². The lowest BCUT2D eigenvalue weighted by Crippen LogP contribution is -2.53. The van der Waals surface area contributed by atoms with Gasteiger partial charge in [-0.05, 0) is 25.7 Å². The predicted octanol–water partition coefficient (Wildman–Crippen LogP) is 0.0616. The molecule has 2 saturated heterocycles. The largest absolute Gasteiger partial charge is 0.379 e. The summed E-state index contributed by atoms with van der Waals surface area (Å²) in [5.41, 5.74) is 0. The van der Waals surface area contributed by atoms with Crippen LogP contribution in [0.5, 0.6) is 0 Å². The van der Waals surface area contributed by atoms with Gasteiger partial charge in [0, 0.05) is 38.8 Å². The maximum atomic E-state index is 12.4. The number of nitrogens with one attached hydrogen (secondary N) is 1. The van der Waals surface area contributed by atoms with Crippen molar-refractivity contribution in [3.8, 4) is 0 Å². The molecule has 19 heavy (non-hydrogen) atoms. The Labute approximate surface area is 115 Å². The van der Waals surface area contributed by atoms with Crippen LogP contribution < -0.4 is 5.32 Å². The third-order valence-electron chi connectivity index (χ3n) is 4.33. The van der Waals surface area contributed by atoms with Crippen LogP contribution in [-0.2, 0) is 9.53 Å². The maximum absolute atomic E-state index is 12.4. The Morgan fingerprint density at radius 1 is 1.11 bits per heavy atom. The number of morpholine rings is 1. The Kier molecular flexibility index (Phi) is 4.35. The van der Waals surface area contributed by atoms with Crippen LogP contribution in [0.2, 0.25) is 0 Å². The monoisotopic (exact) mass is 267 g/mol. The third-order valence-corrected chi connectivity index (χ3v) is 4.33. The van der Waals surface area contributed by atoms with E-state index in [-0.39, 0.29) is 6.04 Å². The SMILES string of the molecule is O=C1C(NC2CC2)CCCN1CCN1CCOCC1. The van der Waals surface area contributed by atoms with E-state index in [1.54, 1.807) is 0 Å². The van der Waals surface area contributed by atoms with Gasteiger partial charge in [-0.1, -0.05) is 0 Å². The molecule has 0 bridgehead atoms. The van der Waals surface area contributed by atoms with E-state index in [0.29, 0.717) is 11.9 Å². The summed E-state index contributed by atoms with van der Waals surface area (Å²) < 4.78 is 5.35. The summed E-state index contributed by atoms with van der Waals surface area (Å²) in [7, 11) is 0. The zero-order valence-electron chi connectivity index (χ0n) is 11.6. The second-order valence-electron chi connectivity index (χ2n) is 5.92. The molecule has 0 radical (unpaired) electrons. The van der Waals surface area contributed by atoms with Crippen LogP contribution in [0.4, 0.5) is 0 Å². The number of rotatable bonds is 5. The van der Waals surface area contributed by atoms with E-state index in [0.717, 1.165) is 58.8 Å². The number of likely N-dealkylation sites (tertiary alicyclic amines) is 1. The summed E-state index contributed by atoms with van der Waals surface area (Å²) in [5, 5.41) is 3.49. The average Bonchev–Trinajstić information content (AvgIpc) is 3.25. The Balaban J connectivity index is 1.44. The molecule has 3 aliphatic rings. The number of piperidine rings is 1. The second kappa shape index (κ2) is 6.20. The van der Waals surface area contributed by atoms with Gasteiger partial charge in [-0.25, -0.2) is 0 Å². The average molecular weight is 267 g/mol. The van der Waals surface area contributed by atoms with Crippen molar-refractivity contribution < 1.29 is 9.53 Å². The minimum absolute atomic E-state index is 0.0888. The summed E-state index contributed by atoms with van der Waals surface area (Å²) in [4.78, 5) is 16.8. The number of carbonyl (C=O) groups excluding carboxylic acids is 1. The van der Waals surface area contributed by atoms with E-state index >= 15 is 0 Å². The third kappa shape index (κ3) is 3.68. The highest BCUT2D eigenvalue weighted by atomic mass is 16.5. The normalized spacial score (nSPS) is 29.8. The Hall–Kier alpha value is -0.650. The van der Waals surface area contributed by atoms with Crippen molar-refractivity contribution >= 4 is 5.91 Å². The molecule has 3 fully saturated rings. The molecule has 5 nitrogen and oxygen atoms in total. The molecule has 1 saturated carbocycles. The number of ether oxygens (including phenoxy) is 1. The number of carbonyl (C=O) groups is 1. The minimum atomic E-state index is 0.0888. The van der Waals surface area contributed by atoms with E-state index in [2.05, 4.69) is 15.1 Å². The molecule has 1 N–H and O–H groups in total. The highest BCUT2D eigenvalue weighted by Gasteiger charge is 2.33. The number of amides is 1. The van der Waals surface area contributed by atoms with Gasteiger partial charge in [0.2, 0.25) is 5.91 Å². The Bertz CT molecular complexity index is 314. The Morgan fingerprint density at radius 3 is 2.63 bits per heavy atom. The first kappa shape index (κ1) is 13.3. The molecular weight excluding hydrogens is 242 g/mol. The molecule has 2 heterocycles. The summed E-state index contributed by atoms with van der Waals surface area (Å²) >= 11 is 0. The summed E-state index contributed by atoms with van der Waals surface area (Å²) in [6.07, 6.45) is 4.65. The van der Waals surface area contributed by atoms with Crippen molar-refractivity contribution in [2.24, 2.45) is 0 Å². The van der Waals surface area contributed by atoms with Crippen LogP contribution in [-0.4, -0.2) is 73.7 Å². The first-order valence-corrected chi connectivity index (χ1v) is 7.68. The summed E-state index contributed by atoms with van der Waals surface area (Å²) in [6, 6.07) is 0.707. The standard InChI is InChI=1S/C14H25N3O2/c18-14-13(15-12-3-4-12)2-1-5-17(14)7-6-16-8-10-19-11-9-16/h12-13,15H,1-11H2. The van der Waals surface area contributed by atoms with Crippen molar-refractivity contribution in [3.05, 3.63) is 0 Å². The summed E-state index contributed by atoms with van der Waals surface area (Å²) in [5.74, 6) is 0.325. The molecule has 1 aliphatic carbocycles. The van der Waals surface area contributed by atoms with Crippen molar-refractivity contribution in [1.29, 1.82) is 0 Å². The van der Waals surface area contributed by atoms with Gasteiger partial charge in [0.05, 0.1) is 19.3 Å². The minimum Gasteiger partial charge on any atom is -0.379 e. The highest BCUT2D eigenvalue weighted by molar-refractivity contribution is 5.82. The lowest BCUT2D eigenvalue weighted by molar-refractivity contribution is -0.136. The Morgan fingerprint density at radius 2 is 1.89 bits per heavy atom. The molecule has 0 aromatic heterocycles. The van der Waals surface area contributed by atoms with E-state index in [1.807, 2.05) is 0 Å².